The Bertz CT molecular complexity index is 1330. The molecule has 0 unspecified atom stereocenters. The monoisotopic (exact) mass is 505 g/mol. The molecule has 3 aromatic rings. The van der Waals surface area contributed by atoms with E-state index in [2.05, 4.69) is 4.98 Å². The maximum Gasteiger partial charge on any atom is 0.416 e. The van der Waals surface area contributed by atoms with Gasteiger partial charge in [-0.1, -0.05) is 29.3 Å². The first kappa shape index (κ1) is 24.7. The summed E-state index contributed by atoms with van der Waals surface area (Å²) < 4.78 is 59.8. The number of hydrogen-bond donors (Lipinski definition) is 1. The fraction of sp³-hybridized carbons (Fsp3) is 0.231. The van der Waals surface area contributed by atoms with Crippen LogP contribution in [0.4, 0.5) is 17.6 Å². The van der Waals surface area contributed by atoms with Crippen LogP contribution < -0.4 is 4.74 Å². The number of allylic oxidation sites excluding steroid dienone is 2. The van der Waals surface area contributed by atoms with E-state index in [1.165, 1.54) is 18.2 Å². The highest BCUT2D eigenvalue weighted by Gasteiger charge is 2.33. The average molecular weight is 506 g/mol. The van der Waals surface area contributed by atoms with Crippen LogP contribution in [0.25, 0.3) is 11.1 Å². The molecule has 2 aromatic carbocycles. The van der Waals surface area contributed by atoms with Crippen molar-refractivity contribution in [3.8, 4) is 5.75 Å². The summed E-state index contributed by atoms with van der Waals surface area (Å²) in [5.41, 5.74) is 1.72. The van der Waals surface area contributed by atoms with Gasteiger partial charge in [0, 0.05) is 11.1 Å². The molecule has 0 fully saturated rings. The second-order valence-electron chi connectivity index (χ2n) is 8.26. The minimum Gasteiger partial charge on any atom is -0.488 e. The average Bonchev–Trinajstić information content (AvgIpc) is 3.28. The summed E-state index contributed by atoms with van der Waals surface area (Å²) in [4.78, 5) is 15.5. The number of alkyl halides is 3. The molecule has 1 aliphatic carbocycles. The lowest BCUT2D eigenvalue weighted by atomic mass is 9.96. The van der Waals surface area contributed by atoms with Gasteiger partial charge in [0.15, 0.2) is 0 Å². The lowest BCUT2D eigenvalue weighted by Gasteiger charge is -2.16. The Morgan fingerprint density at radius 1 is 1.09 bits per heavy atom. The van der Waals surface area contributed by atoms with Gasteiger partial charge in [0.2, 0.25) is 0 Å². The second kappa shape index (κ2) is 9.70. The zero-order valence-corrected chi connectivity index (χ0v) is 19.3. The van der Waals surface area contributed by atoms with Gasteiger partial charge in [0.25, 0.3) is 0 Å². The van der Waals surface area contributed by atoms with Crippen molar-refractivity contribution in [2.75, 3.05) is 0 Å². The predicted octanol–water partition coefficient (Wildman–Crippen LogP) is 7.57. The third-order valence-electron chi connectivity index (χ3n) is 5.76. The summed E-state index contributed by atoms with van der Waals surface area (Å²) in [6.45, 7) is 1.94. The number of pyridine rings is 1. The number of benzene rings is 2. The largest absolute Gasteiger partial charge is 0.488 e. The molecule has 4 nitrogen and oxygen atoms in total. The van der Waals surface area contributed by atoms with Crippen molar-refractivity contribution < 1.29 is 32.2 Å². The number of hydrogen-bond acceptors (Lipinski definition) is 3. The van der Waals surface area contributed by atoms with E-state index in [0.717, 1.165) is 17.2 Å². The number of rotatable bonds is 6. The number of carboxylic acids is 1. The Balaban J connectivity index is 1.78. The third kappa shape index (κ3) is 5.48. The highest BCUT2D eigenvalue weighted by atomic mass is 35.5. The van der Waals surface area contributed by atoms with Crippen LogP contribution in [0.15, 0.2) is 48.5 Å². The van der Waals surface area contributed by atoms with E-state index >= 15 is 0 Å². The SMILES string of the molecule is Cc1ccc(OCc2ccc(F)cc2Cl)c(C2=C(c3cc(C(F)(F)F)cc(C(=O)O)n3)CCC2)c1. The molecule has 0 spiro atoms. The van der Waals surface area contributed by atoms with Crippen LogP contribution in [0.3, 0.4) is 0 Å². The molecule has 35 heavy (non-hydrogen) atoms. The van der Waals surface area contributed by atoms with Crippen molar-refractivity contribution in [2.45, 2.75) is 39.0 Å². The van der Waals surface area contributed by atoms with E-state index in [4.69, 9.17) is 16.3 Å². The number of carboxylic acid groups (broad SMARTS) is 1. The van der Waals surface area contributed by atoms with Gasteiger partial charge in [-0.05, 0) is 73.7 Å². The first-order valence-electron chi connectivity index (χ1n) is 10.8. The molecule has 4 rings (SSSR count). The van der Waals surface area contributed by atoms with Crippen LogP contribution in [-0.4, -0.2) is 16.1 Å². The summed E-state index contributed by atoms with van der Waals surface area (Å²) in [7, 11) is 0. The molecule has 0 saturated carbocycles. The molecule has 1 aliphatic rings. The molecule has 9 heteroatoms. The molecule has 1 heterocycles. The number of nitrogens with zero attached hydrogens (tertiary/aromatic N) is 1. The highest BCUT2D eigenvalue weighted by Crippen LogP contribution is 2.44. The number of aryl methyl sites for hydroxylation is 1. The lowest BCUT2D eigenvalue weighted by Crippen LogP contribution is -2.11. The van der Waals surface area contributed by atoms with E-state index in [9.17, 15) is 27.5 Å². The second-order valence-corrected chi connectivity index (χ2v) is 8.67. The van der Waals surface area contributed by atoms with E-state index in [1.807, 2.05) is 19.1 Å². The maximum atomic E-state index is 13.5. The molecule has 0 radical (unpaired) electrons. The zero-order valence-electron chi connectivity index (χ0n) is 18.5. The summed E-state index contributed by atoms with van der Waals surface area (Å²) in [6, 6.07) is 10.9. The maximum absolute atomic E-state index is 13.5. The van der Waals surface area contributed by atoms with Gasteiger partial charge < -0.3 is 9.84 Å². The van der Waals surface area contributed by atoms with Crippen LogP contribution in [0, 0.1) is 12.7 Å². The van der Waals surface area contributed by atoms with Crippen LogP contribution in [0.5, 0.6) is 5.75 Å². The predicted molar refractivity (Wildman–Crippen MR) is 124 cm³/mol. The first-order chi connectivity index (χ1) is 16.5. The number of carbonyl (C=O) groups is 1. The van der Waals surface area contributed by atoms with Crippen molar-refractivity contribution in [1.29, 1.82) is 0 Å². The van der Waals surface area contributed by atoms with Crippen molar-refractivity contribution in [3.63, 3.8) is 0 Å². The molecular weight excluding hydrogens is 486 g/mol. The summed E-state index contributed by atoms with van der Waals surface area (Å²) >= 11 is 6.11. The van der Waals surface area contributed by atoms with Gasteiger partial charge in [-0.25, -0.2) is 14.2 Å². The smallest absolute Gasteiger partial charge is 0.416 e. The fourth-order valence-corrected chi connectivity index (χ4v) is 4.30. The first-order valence-corrected chi connectivity index (χ1v) is 11.1. The van der Waals surface area contributed by atoms with Crippen molar-refractivity contribution in [2.24, 2.45) is 0 Å². The minimum absolute atomic E-state index is 0.0150. The molecule has 0 aliphatic heterocycles. The Labute approximate surface area is 203 Å². The molecule has 0 atom stereocenters. The van der Waals surface area contributed by atoms with E-state index < -0.39 is 29.2 Å². The fourth-order valence-electron chi connectivity index (χ4n) is 4.08. The number of aromatic carboxylic acids is 1. The Hall–Kier alpha value is -3.39. The number of halogens is 5. The van der Waals surface area contributed by atoms with Gasteiger partial charge in [0.05, 0.1) is 16.3 Å². The van der Waals surface area contributed by atoms with E-state index in [-0.39, 0.29) is 17.3 Å². The third-order valence-corrected chi connectivity index (χ3v) is 6.11. The summed E-state index contributed by atoms with van der Waals surface area (Å²) in [5, 5.41) is 9.54. The van der Waals surface area contributed by atoms with Crippen LogP contribution in [-0.2, 0) is 12.8 Å². The van der Waals surface area contributed by atoms with Gasteiger partial charge in [-0.2, -0.15) is 13.2 Å². The van der Waals surface area contributed by atoms with Crippen molar-refractivity contribution in [1.82, 2.24) is 4.98 Å². The highest BCUT2D eigenvalue weighted by molar-refractivity contribution is 6.31. The topological polar surface area (TPSA) is 59.4 Å². The van der Waals surface area contributed by atoms with Gasteiger partial charge in [0.1, 0.15) is 23.9 Å². The van der Waals surface area contributed by atoms with Gasteiger partial charge >= 0.3 is 12.1 Å². The minimum atomic E-state index is -4.72. The van der Waals surface area contributed by atoms with E-state index in [1.54, 1.807) is 6.07 Å². The lowest BCUT2D eigenvalue weighted by molar-refractivity contribution is -0.137. The van der Waals surface area contributed by atoms with Crippen LogP contribution in [0.2, 0.25) is 5.02 Å². The van der Waals surface area contributed by atoms with Gasteiger partial charge in [-0.3, -0.25) is 0 Å². The van der Waals surface area contributed by atoms with Crippen molar-refractivity contribution in [3.05, 3.63) is 93.0 Å². The Morgan fingerprint density at radius 3 is 2.51 bits per heavy atom. The quantitative estimate of drug-likeness (QED) is 0.351. The molecule has 0 bridgehead atoms. The summed E-state index contributed by atoms with van der Waals surface area (Å²) in [5.74, 6) is -1.52. The number of ether oxygens (including phenoxy) is 1. The zero-order chi connectivity index (χ0) is 25.3. The Kier molecular flexibility index (Phi) is 6.85. The standard InChI is InChI=1S/C26H20ClF4NO3/c1-14-5-8-24(35-13-15-6-7-17(28)12-21(15)27)20(9-14)18-3-2-4-19(18)22-10-16(26(29,30)31)11-23(32-22)25(33)34/h5-12H,2-4,13H2,1H3,(H,33,34). The molecule has 0 amide bonds. The molecular formula is C26H20ClF4NO3. The molecule has 182 valence electrons. The van der Waals surface area contributed by atoms with Gasteiger partial charge in [-0.15, -0.1) is 0 Å². The molecule has 1 aromatic heterocycles. The summed E-state index contributed by atoms with van der Waals surface area (Å²) in [6.07, 6.45) is -3.04. The van der Waals surface area contributed by atoms with Crippen LogP contribution in [0.1, 0.15) is 57.7 Å². The van der Waals surface area contributed by atoms with Crippen molar-refractivity contribution >= 4 is 28.7 Å². The Morgan fingerprint density at radius 2 is 1.83 bits per heavy atom. The molecule has 0 saturated heterocycles. The molecule has 1 N–H and O–H groups in total. The van der Waals surface area contributed by atoms with E-state index in [0.29, 0.717) is 47.8 Å². The normalized spacial score (nSPS) is 13.9. The van der Waals surface area contributed by atoms with Crippen LogP contribution >= 0.6 is 11.6 Å². The number of aromatic nitrogens is 1.